The van der Waals surface area contributed by atoms with Crippen molar-refractivity contribution in [2.75, 3.05) is 0 Å². The minimum absolute atomic E-state index is 0.0690. The number of unbranched alkanes of at least 4 members (excludes halogenated alkanes) is 4. The van der Waals surface area contributed by atoms with Gasteiger partial charge in [-0.15, -0.1) is 13.2 Å². The summed E-state index contributed by atoms with van der Waals surface area (Å²) in [6.45, 7) is 0. The molecule has 8 heteroatoms. The number of rotatable bonds is 10. The van der Waals surface area contributed by atoms with Crippen molar-refractivity contribution in [2.24, 2.45) is 5.90 Å². The number of alkyl halides is 3. The molecule has 0 atom stereocenters. The van der Waals surface area contributed by atoms with E-state index in [-0.39, 0.29) is 24.2 Å². The van der Waals surface area contributed by atoms with Gasteiger partial charge in [-0.1, -0.05) is 31.4 Å². The van der Waals surface area contributed by atoms with Crippen LogP contribution >= 0.6 is 0 Å². The third-order valence-corrected chi connectivity index (χ3v) is 3.33. The van der Waals surface area contributed by atoms with Crippen molar-refractivity contribution in [3.05, 3.63) is 29.8 Å². The van der Waals surface area contributed by atoms with Gasteiger partial charge in [-0.3, -0.25) is 9.59 Å². The Hall–Kier alpha value is -2.09. The van der Waals surface area contributed by atoms with E-state index in [2.05, 4.69) is 9.57 Å². The Kier molecular flexibility index (Phi) is 8.25. The lowest BCUT2D eigenvalue weighted by Gasteiger charge is -2.12. The van der Waals surface area contributed by atoms with E-state index in [1.807, 2.05) is 0 Å². The molecule has 24 heavy (non-hydrogen) atoms. The molecule has 0 radical (unpaired) electrons. The molecule has 2 N–H and O–H groups in total. The molecule has 0 aromatic heterocycles. The topological polar surface area (TPSA) is 78.6 Å². The summed E-state index contributed by atoms with van der Waals surface area (Å²) in [4.78, 5) is 26.9. The molecule has 5 nitrogen and oxygen atoms in total. The molecule has 0 aliphatic heterocycles. The quantitative estimate of drug-likeness (QED) is 0.394. The van der Waals surface area contributed by atoms with E-state index in [1.54, 1.807) is 0 Å². The van der Waals surface area contributed by atoms with Crippen molar-refractivity contribution < 1.29 is 32.3 Å². The van der Waals surface area contributed by atoms with Gasteiger partial charge < -0.3 is 9.57 Å². The van der Waals surface area contributed by atoms with Crippen LogP contribution in [0.2, 0.25) is 0 Å². The minimum atomic E-state index is -4.83. The van der Waals surface area contributed by atoms with Crippen LogP contribution in [0.15, 0.2) is 24.3 Å². The van der Waals surface area contributed by atoms with Gasteiger partial charge in [0.1, 0.15) is 5.75 Å². The van der Waals surface area contributed by atoms with Crippen molar-refractivity contribution in [1.29, 1.82) is 0 Å². The zero-order valence-electron chi connectivity index (χ0n) is 13.1. The molecule has 0 unspecified atom stereocenters. The summed E-state index contributed by atoms with van der Waals surface area (Å²) in [5.74, 6) is 3.38. The molecule has 1 aromatic rings. The smallest absolute Gasteiger partial charge is 0.405 e. The second kappa shape index (κ2) is 9.92. The van der Waals surface area contributed by atoms with Gasteiger partial charge in [-0.2, -0.15) is 5.90 Å². The number of ketones is 1. The van der Waals surface area contributed by atoms with Crippen LogP contribution in [0.25, 0.3) is 0 Å². The van der Waals surface area contributed by atoms with Crippen molar-refractivity contribution >= 4 is 11.8 Å². The standard InChI is InChI=1S/C16H20F3NO4/c17-16(18,19)23-14-10-7-6-8-12(14)13(21)9-4-2-1-3-5-11-15(22)24-20/h6-8,10H,1-5,9,11,20H2. The number of Topliss-reactive ketones (excluding diaryl/α,β-unsaturated/α-hetero) is 1. The first-order valence-electron chi connectivity index (χ1n) is 7.61. The first kappa shape index (κ1) is 20.0. The third-order valence-electron chi connectivity index (χ3n) is 3.33. The van der Waals surface area contributed by atoms with Crippen LogP contribution in [0.3, 0.4) is 0 Å². The van der Waals surface area contributed by atoms with Crippen LogP contribution in [0.1, 0.15) is 55.3 Å². The predicted octanol–water partition coefficient (Wildman–Crippen LogP) is 3.92. The van der Waals surface area contributed by atoms with Crippen LogP contribution in [0, 0.1) is 0 Å². The summed E-state index contributed by atoms with van der Waals surface area (Å²) in [5, 5.41) is 0. The Morgan fingerprint density at radius 2 is 1.54 bits per heavy atom. The van der Waals surface area contributed by atoms with Crippen molar-refractivity contribution in [1.82, 2.24) is 0 Å². The minimum Gasteiger partial charge on any atom is -0.405 e. The maximum atomic E-state index is 12.3. The molecule has 0 saturated carbocycles. The maximum Gasteiger partial charge on any atom is 0.573 e. The number of carbonyl (C=O) groups is 2. The molecule has 0 bridgehead atoms. The first-order chi connectivity index (χ1) is 11.3. The van der Waals surface area contributed by atoms with Crippen LogP contribution in [0.5, 0.6) is 5.75 Å². The average Bonchev–Trinajstić information content (AvgIpc) is 2.52. The Bertz CT molecular complexity index is 546. The molecule has 0 amide bonds. The van der Waals surface area contributed by atoms with Gasteiger partial charge in [0.2, 0.25) is 0 Å². The second-order valence-corrected chi connectivity index (χ2v) is 5.22. The SMILES string of the molecule is NOC(=O)CCCCCCCC(=O)c1ccccc1OC(F)(F)F. The lowest BCUT2D eigenvalue weighted by Crippen LogP contribution is -2.19. The first-order valence-corrected chi connectivity index (χ1v) is 7.61. The van der Waals surface area contributed by atoms with Gasteiger partial charge in [-0.05, 0) is 25.0 Å². The number of ether oxygens (including phenoxy) is 1. The van der Waals surface area contributed by atoms with E-state index < -0.39 is 18.1 Å². The predicted molar refractivity (Wildman–Crippen MR) is 80.1 cm³/mol. The van der Waals surface area contributed by atoms with Crippen LogP contribution in [0.4, 0.5) is 13.2 Å². The average molecular weight is 347 g/mol. The Balaban J connectivity index is 2.34. The van der Waals surface area contributed by atoms with E-state index in [0.717, 1.165) is 25.3 Å². The van der Waals surface area contributed by atoms with Crippen LogP contribution in [-0.2, 0) is 9.63 Å². The van der Waals surface area contributed by atoms with Gasteiger partial charge in [-0.25, -0.2) is 0 Å². The van der Waals surface area contributed by atoms with Crippen LogP contribution in [-0.4, -0.2) is 18.1 Å². The monoisotopic (exact) mass is 347 g/mol. The van der Waals surface area contributed by atoms with Gasteiger partial charge in [0.15, 0.2) is 5.78 Å². The fraction of sp³-hybridized carbons (Fsp3) is 0.500. The molecule has 0 aliphatic carbocycles. The van der Waals surface area contributed by atoms with Crippen LogP contribution < -0.4 is 10.6 Å². The van der Waals surface area contributed by atoms with E-state index in [4.69, 9.17) is 5.90 Å². The molecule has 0 saturated heterocycles. The number of halogens is 3. The molecular weight excluding hydrogens is 327 g/mol. The number of benzene rings is 1. The Labute approximate surface area is 137 Å². The summed E-state index contributed by atoms with van der Waals surface area (Å²) in [5.41, 5.74) is -0.0690. The van der Waals surface area contributed by atoms with Gasteiger partial charge in [0, 0.05) is 12.8 Å². The van der Waals surface area contributed by atoms with Crippen molar-refractivity contribution in [2.45, 2.75) is 51.3 Å². The molecular formula is C16H20F3NO4. The van der Waals surface area contributed by atoms with E-state index in [1.165, 1.54) is 18.2 Å². The largest absolute Gasteiger partial charge is 0.573 e. The van der Waals surface area contributed by atoms with Gasteiger partial charge in [0.05, 0.1) is 5.56 Å². The highest BCUT2D eigenvalue weighted by Gasteiger charge is 2.32. The molecule has 0 fully saturated rings. The fourth-order valence-corrected chi connectivity index (χ4v) is 2.19. The number of para-hydroxylation sites is 1. The molecule has 0 spiro atoms. The zero-order valence-corrected chi connectivity index (χ0v) is 13.1. The lowest BCUT2D eigenvalue weighted by molar-refractivity contribution is -0.274. The van der Waals surface area contributed by atoms with Gasteiger partial charge >= 0.3 is 12.3 Å². The maximum absolute atomic E-state index is 12.3. The highest BCUT2D eigenvalue weighted by Crippen LogP contribution is 2.27. The summed E-state index contributed by atoms with van der Waals surface area (Å²) >= 11 is 0. The highest BCUT2D eigenvalue weighted by atomic mass is 19.4. The molecule has 134 valence electrons. The molecule has 1 rings (SSSR count). The number of hydrogen-bond acceptors (Lipinski definition) is 5. The van der Waals surface area contributed by atoms with Crippen molar-refractivity contribution in [3.8, 4) is 5.75 Å². The fourth-order valence-electron chi connectivity index (χ4n) is 2.19. The van der Waals surface area contributed by atoms with E-state index in [9.17, 15) is 22.8 Å². The number of carbonyl (C=O) groups excluding carboxylic acids is 2. The normalized spacial score (nSPS) is 11.2. The highest BCUT2D eigenvalue weighted by molar-refractivity contribution is 5.98. The lowest BCUT2D eigenvalue weighted by atomic mass is 10.0. The number of nitrogens with two attached hydrogens (primary N) is 1. The van der Waals surface area contributed by atoms with E-state index in [0.29, 0.717) is 12.8 Å². The van der Waals surface area contributed by atoms with Crippen molar-refractivity contribution in [3.63, 3.8) is 0 Å². The summed E-state index contributed by atoms with van der Waals surface area (Å²) in [7, 11) is 0. The van der Waals surface area contributed by atoms with Gasteiger partial charge in [0.25, 0.3) is 0 Å². The Morgan fingerprint density at radius 3 is 2.17 bits per heavy atom. The molecule has 1 aromatic carbocycles. The zero-order chi connectivity index (χ0) is 18.0. The number of hydrogen-bond donors (Lipinski definition) is 1. The molecule has 0 heterocycles. The van der Waals surface area contributed by atoms with E-state index >= 15 is 0 Å². The summed E-state index contributed by atoms with van der Waals surface area (Å²) in [6.07, 6.45) is -0.900. The third kappa shape index (κ3) is 7.96. The Morgan fingerprint density at radius 1 is 0.958 bits per heavy atom. The summed E-state index contributed by atoms with van der Waals surface area (Å²) in [6, 6.07) is 5.32. The molecule has 0 aliphatic rings. The summed E-state index contributed by atoms with van der Waals surface area (Å²) < 4.78 is 40.8. The second-order valence-electron chi connectivity index (χ2n) is 5.22.